The van der Waals surface area contributed by atoms with Crippen molar-refractivity contribution in [1.82, 2.24) is 0 Å². The number of nitrogens with zero attached hydrogens (tertiary/aromatic N) is 1. The van der Waals surface area contributed by atoms with Crippen molar-refractivity contribution in [2.24, 2.45) is 0 Å². The second-order valence-corrected chi connectivity index (χ2v) is 6.51. The summed E-state index contributed by atoms with van der Waals surface area (Å²) in [6.07, 6.45) is -0.0845. The number of benzene rings is 2. The molecule has 0 radical (unpaired) electrons. The van der Waals surface area contributed by atoms with E-state index in [1.54, 1.807) is 36.4 Å². The van der Waals surface area contributed by atoms with Crippen LogP contribution in [0.15, 0.2) is 42.5 Å². The molecule has 4 nitrogen and oxygen atoms in total. The molecule has 0 saturated heterocycles. The molecule has 1 unspecified atom stereocenters. The Labute approximate surface area is 160 Å². The summed E-state index contributed by atoms with van der Waals surface area (Å²) in [5.74, 6) is -1.59. The van der Waals surface area contributed by atoms with Gasteiger partial charge in [0.15, 0.2) is 5.78 Å². The number of nitrogens with one attached hydrogen (secondary N) is 1. The van der Waals surface area contributed by atoms with Gasteiger partial charge in [-0.3, -0.25) is 9.59 Å². The van der Waals surface area contributed by atoms with E-state index in [-0.39, 0.29) is 24.5 Å². The van der Waals surface area contributed by atoms with E-state index >= 15 is 0 Å². The molecule has 2 rings (SSSR count). The lowest BCUT2D eigenvalue weighted by molar-refractivity contribution is -0.123. The Morgan fingerprint density at radius 3 is 2.28 bits per heavy atom. The summed E-state index contributed by atoms with van der Waals surface area (Å²) < 4.78 is 0. The van der Waals surface area contributed by atoms with Crippen LogP contribution in [0.4, 0.5) is 5.69 Å². The van der Waals surface area contributed by atoms with Gasteiger partial charge < -0.3 is 5.32 Å². The molecular weight excluding hydrogens is 383 g/mol. The number of ketones is 1. The monoisotopic (exact) mass is 394 g/mol. The largest absolute Gasteiger partial charge is 0.326 e. The van der Waals surface area contributed by atoms with Crippen molar-refractivity contribution in [2.75, 3.05) is 5.32 Å². The standard InChI is InChI=1S/C18H13Cl3N2O2/c19-12-3-1-11(2-4-12)14(10-22)17(24)7-8-18(25)23-13-5-6-15(20)16(21)9-13/h1-6,9,14H,7-8H2,(H,23,25). The van der Waals surface area contributed by atoms with Crippen LogP contribution in [0, 0.1) is 11.3 Å². The molecule has 0 aliphatic heterocycles. The number of halogens is 3. The number of carbonyl (C=O) groups excluding carboxylic acids is 2. The lowest BCUT2D eigenvalue weighted by Crippen LogP contribution is -2.16. The van der Waals surface area contributed by atoms with Crippen molar-refractivity contribution in [3.63, 3.8) is 0 Å². The second-order valence-electron chi connectivity index (χ2n) is 5.26. The van der Waals surface area contributed by atoms with Crippen molar-refractivity contribution in [1.29, 1.82) is 5.26 Å². The van der Waals surface area contributed by atoms with Crippen LogP contribution >= 0.6 is 34.8 Å². The van der Waals surface area contributed by atoms with Crippen molar-refractivity contribution in [3.8, 4) is 6.07 Å². The average molecular weight is 396 g/mol. The molecule has 0 aliphatic rings. The molecule has 0 spiro atoms. The molecule has 0 aromatic heterocycles. The minimum Gasteiger partial charge on any atom is -0.326 e. The topological polar surface area (TPSA) is 70.0 Å². The first-order valence-electron chi connectivity index (χ1n) is 7.33. The summed E-state index contributed by atoms with van der Waals surface area (Å²) in [7, 11) is 0. The molecule has 1 amide bonds. The van der Waals surface area contributed by atoms with Crippen molar-refractivity contribution in [2.45, 2.75) is 18.8 Å². The number of nitriles is 1. The molecule has 0 bridgehead atoms. The van der Waals surface area contributed by atoms with E-state index in [4.69, 9.17) is 34.8 Å². The van der Waals surface area contributed by atoms with Crippen molar-refractivity contribution >= 4 is 52.2 Å². The fourth-order valence-electron chi connectivity index (χ4n) is 2.17. The number of amides is 1. The predicted molar refractivity (Wildman–Crippen MR) is 99.1 cm³/mol. The number of carbonyl (C=O) groups is 2. The van der Waals surface area contributed by atoms with Gasteiger partial charge in [0.05, 0.1) is 16.1 Å². The van der Waals surface area contributed by atoms with Crippen molar-refractivity contribution in [3.05, 3.63) is 63.1 Å². The first kappa shape index (κ1) is 19.3. The van der Waals surface area contributed by atoms with Crippen LogP contribution < -0.4 is 5.32 Å². The molecule has 2 aromatic rings. The second kappa shape index (κ2) is 8.87. The normalized spacial score (nSPS) is 11.4. The maximum atomic E-state index is 12.2. The van der Waals surface area contributed by atoms with E-state index in [9.17, 15) is 14.9 Å². The van der Waals surface area contributed by atoms with Gasteiger partial charge in [-0.1, -0.05) is 46.9 Å². The zero-order valence-electron chi connectivity index (χ0n) is 12.9. The maximum Gasteiger partial charge on any atom is 0.224 e. The molecule has 0 saturated carbocycles. The molecule has 0 fully saturated rings. The van der Waals surface area contributed by atoms with Gasteiger partial charge in [-0.05, 0) is 35.9 Å². The van der Waals surface area contributed by atoms with Gasteiger partial charge >= 0.3 is 0 Å². The van der Waals surface area contributed by atoms with E-state index in [1.807, 2.05) is 6.07 Å². The molecule has 0 aliphatic carbocycles. The summed E-state index contributed by atoms with van der Waals surface area (Å²) in [6.45, 7) is 0. The van der Waals surface area contributed by atoms with Gasteiger partial charge in [0, 0.05) is 23.6 Å². The number of rotatable bonds is 6. The summed E-state index contributed by atoms with van der Waals surface area (Å²) in [4.78, 5) is 24.2. The fraction of sp³-hybridized carbons (Fsp3) is 0.167. The third-order valence-electron chi connectivity index (χ3n) is 3.46. The van der Waals surface area contributed by atoms with Crippen LogP contribution in [-0.4, -0.2) is 11.7 Å². The third-order valence-corrected chi connectivity index (χ3v) is 4.45. The molecule has 2 aromatic carbocycles. The van der Waals surface area contributed by atoms with E-state index < -0.39 is 5.92 Å². The van der Waals surface area contributed by atoms with Crippen LogP contribution in [-0.2, 0) is 9.59 Å². The van der Waals surface area contributed by atoms with Gasteiger partial charge in [0.25, 0.3) is 0 Å². The van der Waals surface area contributed by atoms with Crippen LogP contribution in [0.1, 0.15) is 24.3 Å². The van der Waals surface area contributed by atoms with Crippen molar-refractivity contribution < 1.29 is 9.59 Å². The number of hydrogen-bond donors (Lipinski definition) is 1. The molecule has 128 valence electrons. The van der Waals surface area contributed by atoms with Crippen LogP contribution in [0.5, 0.6) is 0 Å². The van der Waals surface area contributed by atoms with Crippen LogP contribution in [0.25, 0.3) is 0 Å². The summed E-state index contributed by atoms with van der Waals surface area (Å²) >= 11 is 17.5. The minimum atomic E-state index is -0.921. The van der Waals surface area contributed by atoms with E-state index in [2.05, 4.69) is 5.32 Å². The maximum absolute atomic E-state index is 12.2. The minimum absolute atomic E-state index is 0.0369. The Morgan fingerprint density at radius 2 is 1.68 bits per heavy atom. The molecule has 7 heteroatoms. The predicted octanol–water partition coefficient (Wildman–Crippen LogP) is 5.24. The lowest BCUT2D eigenvalue weighted by atomic mass is 9.93. The fourth-order valence-corrected chi connectivity index (χ4v) is 2.59. The zero-order valence-corrected chi connectivity index (χ0v) is 15.2. The molecule has 0 heterocycles. The highest BCUT2D eigenvalue weighted by Gasteiger charge is 2.20. The highest BCUT2D eigenvalue weighted by Crippen LogP contribution is 2.25. The summed E-state index contributed by atoms with van der Waals surface area (Å²) in [5, 5.41) is 13.1. The third kappa shape index (κ3) is 5.47. The lowest BCUT2D eigenvalue weighted by Gasteiger charge is -2.09. The molecule has 25 heavy (non-hydrogen) atoms. The Kier molecular flexibility index (Phi) is 6.83. The smallest absolute Gasteiger partial charge is 0.224 e. The van der Waals surface area contributed by atoms with Gasteiger partial charge in [-0.2, -0.15) is 5.26 Å². The molecule has 1 atom stereocenters. The molecule has 1 N–H and O–H groups in total. The first-order valence-corrected chi connectivity index (χ1v) is 8.47. The highest BCUT2D eigenvalue weighted by molar-refractivity contribution is 6.42. The number of Topliss-reactive ketones (excluding diaryl/α,β-unsaturated/α-hetero) is 1. The Morgan fingerprint density at radius 1 is 1.00 bits per heavy atom. The van der Waals surface area contributed by atoms with E-state index in [1.165, 1.54) is 6.07 Å². The van der Waals surface area contributed by atoms with E-state index in [0.717, 1.165) is 0 Å². The molecular formula is C18H13Cl3N2O2. The Bertz CT molecular complexity index is 829. The Hall–Kier alpha value is -2.06. The van der Waals surface area contributed by atoms with Gasteiger partial charge in [-0.15, -0.1) is 0 Å². The Balaban J connectivity index is 1.93. The average Bonchev–Trinajstić information content (AvgIpc) is 2.58. The quantitative estimate of drug-likeness (QED) is 0.727. The van der Waals surface area contributed by atoms with Gasteiger partial charge in [-0.25, -0.2) is 0 Å². The summed E-state index contributed by atoms with van der Waals surface area (Å²) in [6, 6.07) is 13.2. The van der Waals surface area contributed by atoms with Gasteiger partial charge in [0.1, 0.15) is 5.92 Å². The number of anilines is 1. The van der Waals surface area contributed by atoms with Gasteiger partial charge in [0.2, 0.25) is 5.91 Å². The SMILES string of the molecule is N#CC(C(=O)CCC(=O)Nc1ccc(Cl)c(Cl)c1)c1ccc(Cl)cc1. The first-order chi connectivity index (χ1) is 11.9. The highest BCUT2D eigenvalue weighted by atomic mass is 35.5. The zero-order chi connectivity index (χ0) is 18.4. The van der Waals surface area contributed by atoms with E-state index in [0.29, 0.717) is 26.3 Å². The van der Waals surface area contributed by atoms with Crippen LogP contribution in [0.2, 0.25) is 15.1 Å². The number of hydrogen-bond acceptors (Lipinski definition) is 3. The summed E-state index contributed by atoms with van der Waals surface area (Å²) in [5.41, 5.74) is 1.04. The van der Waals surface area contributed by atoms with Crippen LogP contribution in [0.3, 0.4) is 0 Å².